The van der Waals surface area contributed by atoms with Gasteiger partial charge in [0.25, 0.3) is 5.91 Å². The standard InChI is InChI=1S/C14H18N2O3/c17-13(16-9-3-1-2-4-10-16)11-19-14(18)12-5-7-15-8-6-12/h5-8H,1-4,9-11H2. The largest absolute Gasteiger partial charge is 0.452 e. The Morgan fingerprint density at radius 1 is 1.11 bits per heavy atom. The number of aromatic nitrogens is 1. The number of hydrogen-bond acceptors (Lipinski definition) is 4. The molecule has 2 heterocycles. The van der Waals surface area contributed by atoms with Gasteiger partial charge in [-0.3, -0.25) is 9.78 Å². The van der Waals surface area contributed by atoms with Gasteiger partial charge < -0.3 is 9.64 Å². The van der Waals surface area contributed by atoms with Crippen LogP contribution < -0.4 is 0 Å². The lowest BCUT2D eigenvalue weighted by Gasteiger charge is -2.19. The second-order valence-electron chi connectivity index (χ2n) is 4.61. The lowest BCUT2D eigenvalue weighted by molar-refractivity contribution is -0.134. The van der Waals surface area contributed by atoms with E-state index < -0.39 is 5.97 Å². The van der Waals surface area contributed by atoms with Gasteiger partial charge in [-0.05, 0) is 25.0 Å². The zero-order chi connectivity index (χ0) is 13.5. The number of nitrogens with zero attached hydrogens (tertiary/aromatic N) is 2. The molecule has 1 aliphatic rings. The number of hydrogen-bond donors (Lipinski definition) is 0. The van der Waals surface area contributed by atoms with Crippen molar-refractivity contribution < 1.29 is 14.3 Å². The van der Waals surface area contributed by atoms with Crippen LogP contribution in [0.1, 0.15) is 36.0 Å². The van der Waals surface area contributed by atoms with Crippen LogP contribution in [-0.2, 0) is 9.53 Å². The number of amides is 1. The molecule has 5 heteroatoms. The number of carbonyl (C=O) groups excluding carboxylic acids is 2. The highest BCUT2D eigenvalue weighted by Gasteiger charge is 2.17. The molecule has 1 saturated heterocycles. The topological polar surface area (TPSA) is 59.5 Å². The average Bonchev–Trinajstić information content (AvgIpc) is 2.74. The van der Waals surface area contributed by atoms with Crippen molar-refractivity contribution in [1.29, 1.82) is 0 Å². The Morgan fingerprint density at radius 3 is 2.37 bits per heavy atom. The molecule has 1 aromatic rings. The van der Waals surface area contributed by atoms with Crippen molar-refractivity contribution in [3.63, 3.8) is 0 Å². The molecule has 0 radical (unpaired) electrons. The van der Waals surface area contributed by atoms with E-state index in [-0.39, 0.29) is 12.5 Å². The predicted molar refractivity (Wildman–Crippen MR) is 69.6 cm³/mol. The molecule has 1 fully saturated rings. The Balaban J connectivity index is 1.81. The zero-order valence-electron chi connectivity index (χ0n) is 10.9. The van der Waals surface area contributed by atoms with E-state index in [1.807, 2.05) is 0 Å². The van der Waals surface area contributed by atoms with E-state index in [0.29, 0.717) is 5.56 Å². The summed E-state index contributed by atoms with van der Waals surface area (Å²) >= 11 is 0. The van der Waals surface area contributed by atoms with Gasteiger partial charge >= 0.3 is 5.97 Å². The number of esters is 1. The monoisotopic (exact) mass is 262 g/mol. The van der Waals surface area contributed by atoms with Gasteiger partial charge in [0.1, 0.15) is 0 Å². The van der Waals surface area contributed by atoms with Gasteiger partial charge in [-0.25, -0.2) is 4.79 Å². The Bertz CT molecular complexity index is 426. The minimum atomic E-state index is -0.481. The molecule has 0 saturated carbocycles. The minimum absolute atomic E-state index is 0.107. The van der Waals surface area contributed by atoms with Crippen molar-refractivity contribution in [1.82, 2.24) is 9.88 Å². The maximum absolute atomic E-state index is 11.9. The van der Waals surface area contributed by atoms with Crippen LogP contribution in [0.5, 0.6) is 0 Å². The summed E-state index contributed by atoms with van der Waals surface area (Å²) < 4.78 is 5.03. The van der Waals surface area contributed by atoms with E-state index >= 15 is 0 Å². The third-order valence-corrected chi connectivity index (χ3v) is 3.20. The van der Waals surface area contributed by atoms with Gasteiger partial charge in [0.15, 0.2) is 6.61 Å². The highest BCUT2D eigenvalue weighted by Crippen LogP contribution is 2.10. The van der Waals surface area contributed by atoms with Crippen LogP contribution in [0.25, 0.3) is 0 Å². The Labute approximate surface area is 112 Å². The summed E-state index contributed by atoms with van der Waals surface area (Å²) in [5, 5.41) is 0. The molecule has 1 amide bonds. The number of likely N-dealkylation sites (tertiary alicyclic amines) is 1. The van der Waals surface area contributed by atoms with E-state index in [1.165, 1.54) is 25.2 Å². The van der Waals surface area contributed by atoms with Crippen molar-refractivity contribution in [2.75, 3.05) is 19.7 Å². The highest BCUT2D eigenvalue weighted by molar-refractivity contribution is 5.91. The van der Waals surface area contributed by atoms with E-state index in [2.05, 4.69) is 4.98 Å². The minimum Gasteiger partial charge on any atom is -0.452 e. The summed E-state index contributed by atoms with van der Waals surface area (Å²) in [4.78, 5) is 29.2. The fourth-order valence-electron chi connectivity index (χ4n) is 2.11. The summed E-state index contributed by atoms with van der Waals surface area (Å²) in [6.45, 7) is 1.36. The molecule has 0 unspecified atom stereocenters. The number of pyridine rings is 1. The molecule has 0 atom stereocenters. The van der Waals surface area contributed by atoms with E-state index in [1.54, 1.807) is 17.0 Å². The summed E-state index contributed by atoms with van der Waals surface area (Å²) in [6, 6.07) is 3.14. The van der Waals surface area contributed by atoms with Crippen LogP contribution in [0.3, 0.4) is 0 Å². The first-order chi connectivity index (χ1) is 9.27. The van der Waals surface area contributed by atoms with E-state index in [0.717, 1.165) is 25.9 Å². The Kier molecular flexibility index (Phi) is 4.89. The first-order valence-electron chi connectivity index (χ1n) is 6.62. The number of rotatable bonds is 3. The lowest BCUT2D eigenvalue weighted by atomic mass is 10.2. The third-order valence-electron chi connectivity index (χ3n) is 3.20. The highest BCUT2D eigenvalue weighted by atomic mass is 16.5. The van der Waals surface area contributed by atoms with Gasteiger partial charge in [0, 0.05) is 25.5 Å². The molecule has 2 rings (SSSR count). The van der Waals surface area contributed by atoms with Gasteiger partial charge in [-0.1, -0.05) is 12.8 Å². The molecule has 0 bridgehead atoms. The van der Waals surface area contributed by atoms with Gasteiger partial charge in [0.05, 0.1) is 5.56 Å². The van der Waals surface area contributed by atoms with Crippen LogP contribution in [-0.4, -0.2) is 41.5 Å². The van der Waals surface area contributed by atoms with Crippen LogP contribution in [0.15, 0.2) is 24.5 Å². The fourth-order valence-corrected chi connectivity index (χ4v) is 2.11. The maximum Gasteiger partial charge on any atom is 0.338 e. The first kappa shape index (κ1) is 13.5. The third kappa shape index (κ3) is 4.05. The summed E-state index contributed by atoms with van der Waals surface area (Å²) in [5.41, 5.74) is 0.415. The molecule has 5 nitrogen and oxygen atoms in total. The average molecular weight is 262 g/mol. The second-order valence-corrected chi connectivity index (χ2v) is 4.61. The molecule has 102 valence electrons. The molecule has 19 heavy (non-hydrogen) atoms. The van der Waals surface area contributed by atoms with Crippen molar-refractivity contribution in [3.8, 4) is 0 Å². The number of ether oxygens (including phenoxy) is 1. The molecular weight excluding hydrogens is 244 g/mol. The van der Waals surface area contributed by atoms with Crippen molar-refractivity contribution in [3.05, 3.63) is 30.1 Å². The molecule has 0 N–H and O–H groups in total. The van der Waals surface area contributed by atoms with Crippen LogP contribution in [0, 0.1) is 0 Å². The normalized spacial score (nSPS) is 15.7. The fraction of sp³-hybridized carbons (Fsp3) is 0.500. The van der Waals surface area contributed by atoms with Crippen molar-refractivity contribution in [2.45, 2.75) is 25.7 Å². The van der Waals surface area contributed by atoms with Gasteiger partial charge in [-0.15, -0.1) is 0 Å². The molecule has 0 spiro atoms. The SMILES string of the molecule is O=C(OCC(=O)N1CCCCCC1)c1ccncc1. The van der Waals surface area contributed by atoms with Crippen molar-refractivity contribution in [2.24, 2.45) is 0 Å². The second kappa shape index (κ2) is 6.87. The maximum atomic E-state index is 11.9. The number of carbonyl (C=O) groups is 2. The van der Waals surface area contributed by atoms with E-state index in [9.17, 15) is 9.59 Å². The van der Waals surface area contributed by atoms with Gasteiger partial charge in [-0.2, -0.15) is 0 Å². The lowest BCUT2D eigenvalue weighted by Crippen LogP contribution is -2.35. The zero-order valence-corrected chi connectivity index (χ0v) is 10.9. The molecule has 1 aliphatic heterocycles. The summed E-state index contributed by atoms with van der Waals surface area (Å²) in [6.07, 6.45) is 7.44. The van der Waals surface area contributed by atoms with E-state index in [4.69, 9.17) is 4.74 Å². The molecule has 0 aliphatic carbocycles. The smallest absolute Gasteiger partial charge is 0.338 e. The van der Waals surface area contributed by atoms with Gasteiger partial charge in [0.2, 0.25) is 0 Å². The van der Waals surface area contributed by atoms with Crippen molar-refractivity contribution >= 4 is 11.9 Å². The Morgan fingerprint density at radius 2 is 1.74 bits per heavy atom. The van der Waals surface area contributed by atoms with Crippen LogP contribution in [0.2, 0.25) is 0 Å². The molecule has 0 aromatic carbocycles. The predicted octanol–water partition coefficient (Wildman–Crippen LogP) is 1.64. The molecular formula is C14H18N2O3. The Hall–Kier alpha value is -1.91. The summed E-state index contributed by atoms with van der Waals surface area (Å²) in [7, 11) is 0. The first-order valence-corrected chi connectivity index (χ1v) is 6.62. The van der Waals surface area contributed by atoms with Crippen LogP contribution >= 0.6 is 0 Å². The quantitative estimate of drug-likeness (QED) is 0.777. The molecule has 1 aromatic heterocycles. The summed E-state index contributed by atoms with van der Waals surface area (Å²) in [5.74, 6) is -0.588. The van der Waals surface area contributed by atoms with Crippen LogP contribution in [0.4, 0.5) is 0 Å².